The highest BCUT2D eigenvalue weighted by Crippen LogP contribution is 2.32. The highest BCUT2D eigenvalue weighted by atomic mass is 16.1. The zero-order chi connectivity index (χ0) is 15.0. The van der Waals surface area contributed by atoms with E-state index in [2.05, 4.69) is 22.5 Å². The third kappa shape index (κ3) is 2.49. The molecule has 1 saturated heterocycles. The molecule has 0 unspecified atom stereocenters. The van der Waals surface area contributed by atoms with E-state index in [4.69, 9.17) is 5.73 Å². The first-order chi connectivity index (χ1) is 10.1. The number of nitrogens with two attached hydrogens (primary N) is 1. The highest BCUT2D eigenvalue weighted by molar-refractivity contribution is 6.09. The summed E-state index contributed by atoms with van der Waals surface area (Å²) in [6, 6.07) is 4.20. The Bertz CT molecular complexity index is 683. The molecule has 0 bridgehead atoms. The van der Waals surface area contributed by atoms with Crippen molar-refractivity contribution in [1.82, 2.24) is 10.3 Å². The van der Waals surface area contributed by atoms with E-state index in [1.807, 2.05) is 13.0 Å². The Labute approximate surface area is 124 Å². The molecular weight excluding hydrogens is 264 g/mol. The number of piperidine rings is 1. The molecule has 2 heterocycles. The van der Waals surface area contributed by atoms with Crippen LogP contribution in [0.2, 0.25) is 0 Å². The number of H-pyrrole nitrogens is 1. The second-order valence-electron chi connectivity index (χ2n) is 5.84. The van der Waals surface area contributed by atoms with Crippen LogP contribution in [0.5, 0.6) is 0 Å². The van der Waals surface area contributed by atoms with Crippen molar-refractivity contribution in [2.45, 2.75) is 32.7 Å². The van der Waals surface area contributed by atoms with Gasteiger partial charge in [0.2, 0.25) is 0 Å². The number of aromatic nitrogens is 1. The van der Waals surface area contributed by atoms with Crippen molar-refractivity contribution in [2.75, 3.05) is 18.4 Å². The fraction of sp³-hybridized carbons (Fsp3) is 0.438. The molecule has 2 aromatic rings. The average Bonchev–Trinajstić information content (AvgIpc) is 2.76. The molecule has 112 valence electrons. The van der Waals surface area contributed by atoms with E-state index in [0.717, 1.165) is 41.8 Å². The lowest BCUT2D eigenvalue weighted by Gasteiger charge is -2.25. The molecule has 21 heavy (non-hydrogen) atoms. The van der Waals surface area contributed by atoms with Gasteiger partial charge in [-0.2, -0.15) is 0 Å². The second kappa shape index (κ2) is 5.41. The zero-order valence-electron chi connectivity index (χ0n) is 12.5. The molecule has 0 spiro atoms. The summed E-state index contributed by atoms with van der Waals surface area (Å²) in [4.78, 5) is 14.9. The first-order valence-electron chi connectivity index (χ1n) is 7.47. The maximum Gasteiger partial charge on any atom is 0.250 e. The Morgan fingerprint density at radius 3 is 2.86 bits per heavy atom. The minimum absolute atomic E-state index is 0.396. The predicted molar refractivity (Wildman–Crippen MR) is 85.8 cm³/mol. The number of carbonyl (C=O) groups excluding carboxylic acids is 1. The lowest BCUT2D eigenvalue weighted by molar-refractivity contribution is 0.100. The van der Waals surface area contributed by atoms with Crippen LogP contribution in [0, 0.1) is 13.8 Å². The van der Waals surface area contributed by atoms with Gasteiger partial charge in [0.25, 0.3) is 5.91 Å². The van der Waals surface area contributed by atoms with E-state index in [1.54, 1.807) is 6.07 Å². The molecule has 1 aromatic carbocycles. The van der Waals surface area contributed by atoms with Crippen molar-refractivity contribution >= 4 is 22.5 Å². The summed E-state index contributed by atoms with van der Waals surface area (Å²) in [5.41, 5.74) is 10.2. The van der Waals surface area contributed by atoms with Crippen LogP contribution in [-0.4, -0.2) is 30.0 Å². The highest BCUT2D eigenvalue weighted by Gasteiger charge is 2.18. The molecule has 5 heteroatoms. The zero-order valence-corrected chi connectivity index (χ0v) is 12.5. The first kappa shape index (κ1) is 13.9. The third-order valence-corrected chi connectivity index (χ3v) is 4.38. The van der Waals surface area contributed by atoms with Crippen LogP contribution < -0.4 is 16.4 Å². The van der Waals surface area contributed by atoms with Crippen molar-refractivity contribution in [3.05, 3.63) is 29.0 Å². The summed E-state index contributed by atoms with van der Waals surface area (Å²) in [7, 11) is 0. The molecule has 1 fully saturated rings. The lowest BCUT2D eigenvalue weighted by Crippen LogP contribution is -2.38. The minimum Gasteiger partial charge on any atom is -0.380 e. The molecule has 5 nitrogen and oxygen atoms in total. The maximum atomic E-state index is 11.6. The second-order valence-corrected chi connectivity index (χ2v) is 5.84. The van der Waals surface area contributed by atoms with Gasteiger partial charge in [0.1, 0.15) is 0 Å². The molecule has 3 rings (SSSR count). The minimum atomic E-state index is -0.396. The van der Waals surface area contributed by atoms with Crippen molar-refractivity contribution in [3.63, 3.8) is 0 Å². The summed E-state index contributed by atoms with van der Waals surface area (Å²) < 4.78 is 0. The molecule has 1 atom stereocenters. The van der Waals surface area contributed by atoms with E-state index in [9.17, 15) is 4.79 Å². The van der Waals surface area contributed by atoms with E-state index in [0.29, 0.717) is 11.6 Å². The first-order valence-corrected chi connectivity index (χ1v) is 7.47. The fourth-order valence-electron chi connectivity index (χ4n) is 3.11. The van der Waals surface area contributed by atoms with Crippen molar-refractivity contribution in [3.8, 4) is 0 Å². The monoisotopic (exact) mass is 286 g/mol. The number of primary amides is 1. The molecule has 0 saturated carbocycles. The van der Waals surface area contributed by atoms with Gasteiger partial charge in [-0.25, -0.2) is 0 Å². The SMILES string of the molecule is Cc1[nH]c2c(C(N)=O)ccc(N[C@@H]3CCCNC3)c2c1C. The molecular formula is C16H22N4O. The van der Waals surface area contributed by atoms with Gasteiger partial charge >= 0.3 is 0 Å². The van der Waals surface area contributed by atoms with Gasteiger partial charge in [0.15, 0.2) is 0 Å². The lowest BCUT2D eigenvalue weighted by atomic mass is 10.0. The average molecular weight is 286 g/mol. The molecule has 1 aliphatic rings. The van der Waals surface area contributed by atoms with Crippen LogP contribution in [0.3, 0.4) is 0 Å². The van der Waals surface area contributed by atoms with Crippen LogP contribution >= 0.6 is 0 Å². The topological polar surface area (TPSA) is 82.9 Å². The van der Waals surface area contributed by atoms with Gasteiger partial charge in [-0.15, -0.1) is 0 Å². The van der Waals surface area contributed by atoms with Gasteiger partial charge in [0, 0.05) is 29.4 Å². The maximum absolute atomic E-state index is 11.6. The Morgan fingerprint density at radius 2 is 2.19 bits per heavy atom. The van der Waals surface area contributed by atoms with E-state index in [-0.39, 0.29) is 0 Å². The van der Waals surface area contributed by atoms with Gasteiger partial charge in [-0.05, 0) is 50.9 Å². The summed E-state index contributed by atoms with van der Waals surface area (Å²) in [6.45, 7) is 6.16. The molecule has 1 aliphatic heterocycles. The summed E-state index contributed by atoms with van der Waals surface area (Å²) in [6.07, 6.45) is 2.35. The van der Waals surface area contributed by atoms with Crippen LogP contribution in [0.15, 0.2) is 12.1 Å². The molecule has 0 radical (unpaired) electrons. The summed E-state index contributed by atoms with van der Waals surface area (Å²) in [5, 5.41) is 8.10. The number of amides is 1. The Kier molecular flexibility index (Phi) is 3.59. The van der Waals surface area contributed by atoms with E-state index in [1.165, 1.54) is 12.0 Å². The summed E-state index contributed by atoms with van der Waals surface area (Å²) in [5.74, 6) is -0.396. The number of anilines is 1. The van der Waals surface area contributed by atoms with Crippen LogP contribution in [0.25, 0.3) is 10.9 Å². The molecule has 5 N–H and O–H groups in total. The molecule has 0 aliphatic carbocycles. The number of rotatable bonds is 3. The normalized spacial score (nSPS) is 18.9. The predicted octanol–water partition coefficient (Wildman–Crippen LogP) is 2.05. The van der Waals surface area contributed by atoms with Gasteiger partial charge < -0.3 is 21.4 Å². The number of nitrogens with one attached hydrogen (secondary N) is 3. The third-order valence-electron chi connectivity index (χ3n) is 4.38. The molecule has 1 amide bonds. The van der Waals surface area contributed by atoms with Crippen molar-refractivity contribution in [1.29, 1.82) is 0 Å². The molecule has 1 aromatic heterocycles. The number of benzene rings is 1. The standard InChI is InChI=1S/C16H22N4O/c1-9-10(2)19-15-12(16(17)21)5-6-13(14(9)15)20-11-4-3-7-18-8-11/h5-6,11,18-20H,3-4,7-8H2,1-2H3,(H2,17,21)/t11-/m1/s1. The Hall–Kier alpha value is -2.01. The smallest absolute Gasteiger partial charge is 0.250 e. The summed E-state index contributed by atoms with van der Waals surface area (Å²) >= 11 is 0. The van der Waals surface area contributed by atoms with E-state index < -0.39 is 5.91 Å². The van der Waals surface area contributed by atoms with E-state index >= 15 is 0 Å². The van der Waals surface area contributed by atoms with Gasteiger partial charge in [0.05, 0.1) is 11.1 Å². The number of hydrogen-bond acceptors (Lipinski definition) is 3. The van der Waals surface area contributed by atoms with Crippen LogP contribution in [0.4, 0.5) is 5.69 Å². The quantitative estimate of drug-likeness (QED) is 0.697. The Morgan fingerprint density at radius 1 is 1.38 bits per heavy atom. The van der Waals surface area contributed by atoms with Crippen molar-refractivity contribution in [2.24, 2.45) is 5.73 Å². The van der Waals surface area contributed by atoms with Gasteiger partial charge in [-0.3, -0.25) is 4.79 Å². The number of aryl methyl sites for hydroxylation is 2. The van der Waals surface area contributed by atoms with Crippen LogP contribution in [-0.2, 0) is 0 Å². The van der Waals surface area contributed by atoms with Gasteiger partial charge in [-0.1, -0.05) is 0 Å². The fourth-order valence-corrected chi connectivity index (χ4v) is 3.11. The Balaban J connectivity index is 2.06. The number of hydrogen-bond donors (Lipinski definition) is 4. The van der Waals surface area contributed by atoms with Crippen molar-refractivity contribution < 1.29 is 4.79 Å². The number of fused-ring (bicyclic) bond motifs is 1. The largest absolute Gasteiger partial charge is 0.380 e. The number of aromatic amines is 1. The van der Waals surface area contributed by atoms with Crippen LogP contribution in [0.1, 0.15) is 34.5 Å². The number of carbonyl (C=O) groups is 1.